The van der Waals surface area contributed by atoms with Crippen LogP contribution in [0.4, 0.5) is 4.39 Å². The summed E-state index contributed by atoms with van der Waals surface area (Å²) in [7, 11) is 0. The Morgan fingerprint density at radius 2 is 2.22 bits per heavy atom. The van der Waals surface area contributed by atoms with Crippen molar-refractivity contribution in [3.05, 3.63) is 23.8 Å². The van der Waals surface area contributed by atoms with Crippen LogP contribution in [0.2, 0.25) is 0 Å². The zero-order valence-electron chi connectivity index (χ0n) is 13.2. The number of fused-ring (bicyclic) bond motifs is 1. The van der Waals surface area contributed by atoms with E-state index in [1.54, 1.807) is 0 Å². The Hall–Kier alpha value is -1.80. The number of hydrogen-bond donors (Lipinski definition) is 2. The number of piperazine rings is 1. The lowest BCUT2D eigenvalue weighted by molar-refractivity contribution is 0.253. The Balaban J connectivity index is 1.70. The van der Waals surface area contributed by atoms with E-state index in [1.165, 1.54) is 12.3 Å². The molecule has 2 aliphatic heterocycles. The van der Waals surface area contributed by atoms with E-state index < -0.39 is 5.82 Å². The van der Waals surface area contributed by atoms with Gasteiger partial charge in [0.25, 0.3) is 0 Å². The summed E-state index contributed by atoms with van der Waals surface area (Å²) in [6, 6.07) is 2.08. The maximum absolute atomic E-state index is 13.2. The van der Waals surface area contributed by atoms with Crippen LogP contribution < -0.4 is 15.5 Å². The minimum Gasteiger partial charge on any atom is -0.491 e. The summed E-state index contributed by atoms with van der Waals surface area (Å²) in [4.78, 5) is 6.18. The first-order valence-electron chi connectivity index (χ1n) is 7.69. The van der Waals surface area contributed by atoms with E-state index in [1.807, 2.05) is 0 Å². The minimum atomic E-state index is -0.419. The van der Waals surface area contributed by atoms with Gasteiger partial charge in [0, 0.05) is 37.7 Å². The number of hydrogen-bond acceptors (Lipinski definition) is 5. The molecule has 0 aromatic carbocycles. The van der Waals surface area contributed by atoms with Crippen LogP contribution in [0.3, 0.4) is 0 Å². The molecular weight excluding hydrogens is 317 g/mol. The number of ether oxygens (including phenoxy) is 1. The van der Waals surface area contributed by atoms with Crippen LogP contribution in [-0.2, 0) is 0 Å². The van der Waals surface area contributed by atoms with Gasteiger partial charge in [0.1, 0.15) is 17.3 Å². The molecule has 1 aromatic heterocycles. The Kier molecular flexibility index (Phi) is 4.72. The molecule has 0 saturated carbocycles. The molecule has 0 amide bonds. The third-order valence-electron chi connectivity index (χ3n) is 3.82. The Bertz CT molecular complexity index is 628. The number of pyridine rings is 1. The second-order valence-corrected chi connectivity index (χ2v) is 6.33. The normalized spacial score (nSPS) is 25.7. The minimum absolute atomic E-state index is 0.375. The van der Waals surface area contributed by atoms with E-state index in [0.717, 1.165) is 18.8 Å². The van der Waals surface area contributed by atoms with Gasteiger partial charge in [-0.1, -0.05) is 0 Å². The monoisotopic (exact) mass is 337 g/mol. The Labute approximate surface area is 140 Å². The van der Waals surface area contributed by atoms with Crippen molar-refractivity contribution < 1.29 is 9.13 Å². The van der Waals surface area contributed by atoms with E-state index >= 15 is 0 Å². The lowest BCUT2D eigenvalue weighted by Gasteiger charge is -2.37. The highest BCUT2D eigenvalue weighted by molar-refractivity contribution is 7.80. The van der Waals surface area contributed by atoms with Gasteiger partial charge in [-0.3, -0.25) is 5.43 Å². The summed E-state index contributed by atoms with van der Waals surface area (Å²) in [6.45, 7) is 6.39. The summed E-state index contributed by atoms with van der Waals surface area (Å²) in [5.41, 5.74) is 4.24. The van der Waals surface area contributed by atoms with Gasteiger partial charge < -0.3 is 15.0 Å². The smallest absolute Gasteiger partial charge is 0.189 e. The van der Waals surface area contributed by atoms with Crippen molar-refractivity contribution in [2.45, 2.75) is 32.4 Å². The molecule has 2 aliphatic rings. The maximum Gasteiger partial charge on any atom is 0.189 e. The lowest BCUT2D eigenvalue weighted by Crippen LogP contribution is -2.57. The van der Waals surface area contributed by atoms with Crippen LogP contribution >= 0.6 is 12.2 Å². The van der Waals surface area contributed by atoms with Crippen molar-refractivity contribution in [1.29, 1.82) is 0 Å². The third kappa shape index (κ3) is 3.76. The van der Waals surface area contributed by atoms with Crippen molar-refractivity contribution in [1.82, 2.24) is 20.6 Å². The molecule has 1 fully saturated rings. The summed E-state index contributed by atoms with van der Waals surface area (Å²) in [5.74, 6) is 0.00408. The second-order valence-electron chi connectivity index (χ2n) is 5.95. The number of hydrazone groups is 1. The molecule has 0 bridgehead atoms. The third-order valence-corrected chi connectivity index (χ3v) is 4.17. The average Bonchev–Trinajstić information content (AvgIpc) is 2.51. The highest BCUT2D eigenvalue weighted by atomic mass is 32.1. The number of nitrogens with one attached hydrogen (secondary N) is 2. The fourth-order valence-corrected chi connectivity index (χ4v) is 3.11. The van der Waals surface area contributed by atoms with Gasteiger partial charge in [-0.2, -0.15) is 5.10 Å². The van der Waals surface area contributed by atoms with E-state index in [2.05, 4.69) is 39.6 Å². The highest BCUT2D eigenvalue weighted by Gasteiger charge is 2.23. The fraction of sp³-hybridized carbons (Fsp3) is 0.533. The first kappa shape index (κ1) is 16.1. The van der Waals surface area contributed by atoms with Crippen molar-refractivity contribution in [3.63, 3.8) is 0 Å². The topological polar surface area (TPSA) is 61.8 Å². The van der Waals surface area contributed by atoms with Crippen LogP contribution in [0.25, 0.3) is 0 Å². The predicted octanol–water partition coefficient (Wildman–Crippen LogP) is 1.26. The van der Waals surface area contributed by atoms with Crippen LogP contribution in [0.15, 0.2) is 17.4 Å². The van der Waals surface area contributed by atoms with Gasteiger partial charge in [-0.15, -0.1) is 0 Å². The van der Waals surface area contributed by atoms with Gasteiger partial charge in [0.05, 0.1) is 18.5 Å². The van der Waals surface area contributed by atoms with Crippen LogP contribution in [0.1, 0.15) is 26.0 Å². The molecule has 1 aromatic rings. The molecule has 0 aliphatic carbocycles. The SMILES string of the molecule is C[C@@H]1CN(C(=S)N/N=C2/CCOc3cc(F)cnc32)C[C@H](C)N1. The number of thiocarbonyl (C=S) groups is 1. The molecule has 0 radical (unpaired) electrons. The molecule has 8 heteroatoms. The number of nitrogens with zero attached hydrogens (tertiary/aromatic N) is 3. The molecule has 3 rings (SSSR count). The second kappa shape index (κ2) is 6.76. The molecule has 2 N–H and O–H groups in total. The van der Waals surface area contributed by atoms with Crippen LogP contribution in [-0.4, -0.2) is 52.5 Å². The van der Waals surface area contributed by atoms with Crippen molar-refractivity contribution in [3.8, 4) is 5.75 Å². The molecule has 2 atom stereocenters. The first-order chi connectivity index (χ1) is 11.0. The highest BCUT2D eigenvalue weighted by Crippen LogP contribution is 2.23. The largest absolute Gasteiger partial charge is 0.491 e. The Morgan fingerprint density at radius 1 is 1.48 bits per heavy atom. The zero-order valence-corrected chi connectivity index (χ0v) is 14.0. The standard InChI is InChI=1S/C15H20FN5OS/c1-9-7-21(8-10(2)18-9)15(23)20-19-12-3-4-22-13-5-11(16)6-17-14(12)13/h5-6,9-10,18H,3-4,7-8H2,1-2H3,(H,20,23)/b19-12-/t9-,10+. The quantitative estimate of drug-likeness (QED) is 0.594. The van der Waals surface area contributed by atoms with Crippen LogP contribution in [0.5, 0.6) is 5.75 Å². The predicted molar refractivity (Wildman–Crippen MR) is 90.2 cm³/mol. The summed E-state index contributed by atoms with van der Waals surface area (Å²) in [5, 5.41) is 8.43. The molecule has 124 valence electrons. The zero-order chi connectivity index (χ0) is 16.4. The number of rotatable bonds is 1. The molecule has 0 unspecified atom stereocenters. The lowest BCUT2D eigenvalue weighted by atomic mass is 10.1. The summed E-state index contributed by atoms with van der Waals surface area (Å²) in [6.07, 6.45) is 1.77. The fourth-order valence-electron chi connectivity index (χ4n) is 2.91. The van der Waals surface area contributed by atoms with Crippen molar-refractivity contribution in [2.75, 3.05) is 19.7 Å². The number of aromatic nitrogens is 1. The summed E-state index contributed by atoms with van der Waals surface area (Å²) < 4.78 is 18.6. The van der Waals surface area contributed by atoms with Gasteiger partial charge in [0.15, 0.2) is 5.11 Å². The van der Waals surface area contributed by atoms with E-state index in [-0.39, 0.29) is 0 Å². The van der Waals surface area contributed by atoms with Gasteiger partial charge in [-0.25, -0.2) is 9.37 Å². The van der Waals surface area contributed by atoms with Crippen molar-refractivity contribution in [2.24, 2.45) is 5.10 Å². The molecule has 3 heterocycles. The molecule has 6 nitrogen and oxygen atoms in total. The molecule has 1 saturated heterocycles. The summed E-state index contributed by atoms with van der Waals surface area (Å²) >= 11 is 5.44. The molecule has 0 spiro atoms. The number of halogens is 1. The van der Waals surface area contributed by atoms with E-state index in [4.69, 9.17) is 17.0 Å². The van der Waals surface area contributed by atoms with Gasteiger partial charge in [-0.05, 0) is 26.1 Å². The van der Waals surface area contributed by atoms with Gasteiger partial charge >= 0.3 is 0 Å². The van der Waals surface area contributed by atoms with Gasteiger partial charge in [0.2, 0.25) is 0 Å². The van der Waals surface area contributed by atoms with Crippen molar-refractivity contribution >= 4 is 23.0 Å². The maximum atomic E-state index is 13.2. The first-order valence-corrected chi connectivity index (χ1v) is 8.10. The molecule has 23 heavy (non-hydrogen) atoms. The van der Waals surface area contributed by atoms with E-state index in [0.29, 0.717) is 41.7 Å². The molecular formula is C15H20FN5OS. The van der Waals surface area contributed by atoms with E-state index in [9.17, 15) is 4.39 Å². The van der Waals surface area contributed by atoms with Crippen LogP contribution in [0, 0.1) is 5.82 Å². The average molecular weight is 337 g/mol. The Morgan fingerprint density at radius 3 is 2.96 bits per heavy atom.